The summed E-state index contributed by atoms with van der Waals surface area (Å²) < 4.78 is 9.48. The summed E-state index contributed by atoms with van der Waals surface area (Å²) in [6.45, 7) is 5.27. The summed E-state index contributed by atoms with van der Waals surface area (Å²) in [6, 6.07) is 0.726. The van der Waals surface area contributed by atoms with Crippen LogP contribution in [-0.2, 0) is 4.74 Å². The highest BCUT2D eigenvalue weighted by Crippen LogP contribution is 2.33. The number of hydrogen-bond donors (Lipinski definition) is 0. The molecule has 0 bridgehead atoms. The molecule has 1 aliphatic carbocycles. The summed E-state index contributed by atoms with van der Waals surface area (Å²) in [5, 5.41) is 0. The molecule has 1 aromatic heterocycles. The van der Waals surface area contributed by atoms with Gasteiger partial charge in [-0.05, 0) is 38.2 Å². The normalized spacial score (nSPS) is 20.1. The smallest absolute Gasteiger partial charge is 0.257 e. The second-order valence-electron chi connectivity index (χ2n) is 4.83. The quantitative estimate of drug-likeness (QED) is 0.823. The van der Waals surface area contributed by atoms with E-state index in [2.05, 4.69) is 4.37 Å². The maximum Gasteiger partial charge on any atom is 0.257 e. The lowest BCUT2D eigenvalue weighted by atomic mass is 10.1. The van der Waals surface area contributed by atoms with E-state index in [4.69, 9.17) is 4.74 Å². The number of aromatic nitrogens is 1. The van der Waals surface area contributed by atoms with Crippen molar-refractivity contribution < 1.29 is 9.53 Å². The van der Waals surface area contributed by atoms with E-state index in [-0.39, 0.29) is 11.9 Å². The zero-order chi connectivity index (χ0) is 12.0. The van der Waals surface area contributed by atoms with Gasteiger partial charge >= 0.3 is 0 Å². The Morgan fingerprint density at radius 3 is 2.47 bits per heavy atom. The van der Waals surface area contributed by atoms with E-state index in [1.54, 1.807) is 0 Å². The van der Waals surface area contributed by atoms with Crippen molar-refractivity contribution in [2.24, 2.45) is 0 Å². The summed E-state index contributed by atoms with van der Waals surface area (Å²) in [5.74, 6) is 0.157. The third kappa shape index (κ3) is 1.87. The van der Waals surface area contributed by atoms with Crippen LogP contribution in [0.1, 0.15) is 33.8 Å². The number of nitrogens with zero attached hydrogens (tertiary/aromatic N) is 2. The minimum atomic E-state index is 0.157. The van der Waals surface area contributed by atoms with Crippen molar-refractivity contribution in [2.75, 3.05) is 13.2 Å². The number of carbonyl (C=O) groups is 1. The third-order valence-corrected chi connectivity index (χ3v) is 4.28. The summed E-state index contributed by atoms with van der Waals surface area (Å²) in [6.07, 6.45) is 2.27. The van der Waals surface area contributed by atoms with Gasteiger partial charge in [0, 0.05) is 10.9 Å². The van der Waals surface area contributed by atoms with Gasteiger partial charge in [-0.25, -0.2) is 0 Å². The van der Waals surface area contributed by atoms with Gasteiger partial charge < -0.3 is 9.64 Å². The van der Waals surface area contributed by atoms with E-state index in [1.165, 1.54) is 11.5 Å². The van der Waals surface area contributed by atoms with Gasteiger partial charge in [0.15, 0.2) is 0 Å². The molecule has 92 valence electrons. The minimum absolute atomic E-state index is 0.157. The average molecular weight is 252 g/mol. The molecular formula is C12H16N2O2S. The molecular weight excluding hydrogens is 236 g/mol. The van der Waals surface area contributed by atoms with E-state index in [9.17, 15) is 4.79 Å². The molecule has 0 N–H and O–H groups in total. The standard InChI is InChI=1S/C12H16N2O2S/c1-7-11(8(2)17-13-7)12(15)14(9-3-4-9)10-5-16-6-10/h9-10H,3-6H2,1-2H3. The molecule has 1 aromatic rings. The minimum Gasteiger partial charge on any atom is -0.377 e. The molecule has 0 spiro atoms. The Kier molecular flexibility index (Phi) is 2.67. The molecule has 1 saturated heterocycles. The molecule has 1 saturated carbocycles. The average Bonchev–Trinajstić information content (AvgIpc) is 2.99. The Labute approximate surface area is 105 Å². The first-order valence-electron chi connectivity index (χ1n) is 6.01. The van der Waals surface area contributed by atoms with Gasteiger partial charge in [-0.1, -0.05) is 0 Å². The van der Waals surface area contributed by atoms with Gasteiger partial charge in [0.25, 0.3) is 5.91 Å². The van der Waals surface area contributed by atoms with Crippen LogP contribution in [0.5, 0.6) is 0 Å². The van der Waals surface area contributed by atoms with E-state index < -0.39 is 0 Å². The number of hydrogen-bond acceptors (Lipinski definition) is 4. The van der Waals surface area contributed by atoms with Gasteiger partial charge in [0.2, 0.25) is 0 Å². The van der Waals surface area contributed by atoms with Crippen LogP contribution in [0, 0.1) is 13.8 Å². The Bertz CT molecular complexity index is 430. The van der Waals surface area contributed by atoms with Gasteiger partial charge in [-0.2, -0.15) is 4.37 Å². The zero-order valence-electron chi connectivity index (χ0n) is 10.1. The first-order valence-corrected chi connectivity index (χ1v) is 6.79. The molecule has 3 rings (SSSR count). The molecule has 2 heterocycles. The van der Waals surface area contributed by atoms with Crippen LogP contribution in [0.15, 0.2) is 0 Å². The lowest BCUT2D eigenvalue weighted by Crippen LogP contribution is -2.52. The fraction of sp³-hybridized carbons (Fsp3) is 0.667. The summed E-state index contributed by atoms with van der Waals surface area (Å²) in [4.78, 5) is 15.7. The van der Waals surface area contributed by atoms with E-state index >= 15 is 0 Å². The number of amides is 1. The fourth-order valence-electron chi connectivity index (χ4n) is 2.28. The van der Waals surface area contributed by atoms with Crippen LogP contribution < -0.4 is 0 Å². The lowest BCUT2D eigenvalue weighted by Gasteiger charge is -2.37. The Morgan fingerprint density at radius 2 is 2.06 bits per heavy atom. The molecule has 2 fully saturated rings. The van der Waals surface area contributed by atoms with Crippen LogP contribution in [0.3, 0.4) is 0 Å². The molecule has 4 nitrogen and oxygen atoms in total. The van der Waals surface area contributed by atoms with Crippen LogP contribution in [-0.4, -0.2) is 40.5 Å². The first-order chi connectivity index (χ1) is 8.18. The highest BCUT2D eigenvalue weighted by atomic mass is 32.1. The highest BCUT2D eigenvalue weighted by Gasteiger charge is 2.41. The number of ether oxygens (including phenoxy) is 1. The molecule has 5 heteroatoms. The van der Waals surface area contributed by atoms with Crippen molar-refractivity contribution >= 4 is 17.4 Å². The molecule has 0 unspecified atom stereocenters. The van der Waals surface area contributed by atoms with Crippen molar-refractivity contribution in [3.8, 4) is 0 Å². The monoisotopic (exact) mass is 252 g/mol. The van der Waals surface area contributed by atoms with Crippen molar-refractivity contribution in [2.45, 2.75) is 38.8 Å². The SMILES string of the molecule is Cc1nsc(C)c1C(=O)N(C1CC1)C1COC1. The highest BCUT2D eigenvalue weighted by molar-refractivity contribution is 7.06. The maximum atomic E-state index is 12.6. The summed E-state index contributed by atoms with van der Waals surface area (Å²) >= 11 is 1.42. The Morgan fingerprint density at radius 1 is 1.35 bits per heavy atom. The summed E-state index contributed by atoms with van der Waals surface area (Å²) in [5.41, 5.74) is 1.68. The molecule has 0 radical (unpaired) electrons. The van der Waals surface area contributed by atoms with E-state index in [1.807, 2.05) is 18.7 Å². The van der Waals surface area contributed by atoms with Crippen molar-refractivity contribution in [1.29, 1.82) is 0 Å². The molecule has 2 aliphatic rings. The first kappa shape index (κ1) is 11.2. The van der Waals surface area contributed by atoms with Crippen LogP contribution in [0.2, 0.25) is 0 Å². The second-order valence-corrected chi connectivity index (χ2v) is 5.81. The van der Waals surface area contributed by atoms with Gasteiger partial charge in [-0.15, -0.1) is 0 Å². The predicted octanol–water partition coefficient (Wildman–Crippen LogP) is 1.76. The summed E-state index contributed by atoms with van der Waals surface area (Å²) in [7, 11) is 0. The number of carbonyl (C=O) groups excluding carboxylic acids is 1. The largest absolute Gasteiger partial charge is 0.377 e. The number of aryl methyl sites for hydroxylation is 2. The second kappa shape index (κ2) is 4.07. The van der Waals surface area contributed by atoms with E-state index in [0.717, 1.165) is 29.0 Å². The van der Waals surface area contributed by atoms with E-state index in [0.29, 0.717) is 19.3 Å². The van der Waals surface area contributed by atoms with Crippen molar-refractivity contribution in [3.63, 3.8) is 0 Å². The zero-order valence-corrected chi connectivity index (χ0v) is 10.9. The lowest BCUT2D eigenvalue weighted by molar-refractivity contribution is -0.0566. The molecule has 1 aliphatic heterocycles. The molecule has 0 atom stereocenters. The maximum absolute atomic E-state index is 12.6. The van der Waals surface area contributed by atoms with Gasteiger partial charge in [0.05, 0.1) is 30.5 Å². The van der Waals surface area contributed by atoms with Gasteiger partial charge in [0.1, 0.15) is 0 Å². The number of rotatable bonds is 3. The fourth-order valence-corrected chi connectivity index (χ4v) is 2.98. The Balaban J connectivity index is 1.88. The third-order valence-electron chi connectivity index (χ3n) is 3.44. The topological polar surface area (TPSA) is 42.4 Å². The molecule has 0 aromatic carbocycles. The van der Waals surface area contributed by atoms with Crippen LogP contribution in [0.25, 0.3) is 0 Å². The predicted molar refractivity (Wildman–Crippen MR) is 65.4 cm³/mol. The van der Waals surface area contributed by atoms with Crippen LogP contribution >= 0.6 is 11.5 Å². The van der Waals surface area contributed by atoms with Crippen molar-refractivity contribution in [1.82, 2.24) is 9.27 Å². The Hall–Kier alpha value is -0.940. The molecule has 17 heavy (non-hydrogen) atoms. The van der Waals surface area contributed by atoms with Crippen LogP contribution in [0.4, 0.5) is 0 Å². The molecule has 1 amide bonds. The van der Waals surface area contributed by atoms with Crippen molar-refractivity contribution in [3.05, 3.63) is 16.1 Å². The van der Waals surface area contributed by atoms with Gasteiger partial charge in [-0.3, -0.25) is 4.79 Å².